The van der Waals surface area contributed by atoms with Crippen LogP contribution in [0.4, 0.5) is 5.13 Å². The number of aromatic nitrogens is 1. The van der Waals surface area contributed by atoms with Crippen LogP contribution >= 0.6 is 23.1 Å². The molecule has 1 amide bonds. The van der Waals surface area contributed by atoms with Crippen molar-refractivity contribution in [2.24, 2.45) is 0 Å². The van der Waals surface area contributed by atoms with Gasteiger partial charge in [-0.2, -0.15) is 0 Å². The van der Waals surface area contributed by atoms with Crippen LogP contribution in [0.3, 0.4) is 0 Å². The second-order valence-corrected chi connectivity index (χ2v) is 9.73. The maximum Gasteiger partial charge on any atom is 0.228 e. The fourth-order valence-corrected chi connectivity index (χ4v) is 5.57. The van der Waals surface area contributed by atoms with Gasteiger partial charge in [-0.05, 0) is 61.3 Å². The third-order valence-corrected chi connectivity index (χ3v) is 7.48. The minimum absolute atomic E-state index is 0.117. The number of amides is 1. The summed E-state index contributed by atoms with van der Waals surface area (Å²) in [5, 5.41) is 0.800. The number of rotatable bonds is 9. The summed E-state index contributed by atoms with van der Waals surface area (Å²) >= 11 is 3.42. The molecule has 4 nitrogen and oxygen atoms in total. The fourth-order valence-electron chi connectivity index (χ4n) is 3.64. The van der Waals surface area contributed by atoms with E-state index in [0.29, 0.717) is 13.0 Å². The van der Waals surface area contributed by atoms with Crippen LogP contribution in [0, 0.1) is 0 Å². The predicted molar refractivity (Wildman–Crippen MR) is 127 cm³/mol. The number of nitrogens with zero attached hydrogens (tertiary/aromatic N) is 2. The molecule has 6 heteroatoms. The number of hydrogen-bond donors (Lipinski definition) is 0. The maximum atomic E-state index is 13.2. The van der Waals surface area contributed by atoms with Gasteiger partial charge < -0.3 is 4.74 Å². The van der Waals surface area contributed by atoms with E-state index in [1.165, 1.54) is 10.5 Å². The van der Waals surface area contributed by atoms with Crippen molar-refractivity contribution in [1.82, 2.24) is 4.98 Å². The topological polar surface area (TPSA) is 42.4 Å². The van der Waals surface area contributed by atoms with E-state index < -0.39 is 0 Å². The molecule has 2 aromatic carbocycles. The van der Waals surface area contributed by atoms with Crippen LogP contribution in [0.25, 0.3) is 10.2 Å². The van der Waals surface area contributed by atoms with Gasteiger partial charge in [0.05, 0.1) is 22.9 Å². The van der Waals surface area contributed by atoms with Gasteiger partial charge in [0, 0.05) is 17.9 Å². The summed E-state index contributed by atoms with van der Waals surface area (Å²) in [6.45, 7) is 3.55. The molecule has 0 N–H and O–H groups in total. The lowest BCUT2D eigenvalue weighted by molar-refractivity contribution is -0.119. The molecule has 30 heavy (non-hydrogen) atoms. The molecule has 4 rings (SSSR count). The van der Waals surface area contributed by atoms with E-state index in [1.54, 1.807) is 23.1 Å². The number of ether oxygens (including phenoxy) is 1. The molecule has 1 aliphatic heterocycles. The van der Waals surface area contributed by atoms with Crippen LogP contribution in [0.2, 0.25) is 0 Å². The normalized spacial score (nSPS) is 16.2. The first kappa shape index (κ1) is 21.3. The smallest absolute Gasteiger partial charge is 0.228 e. The number of hydrogen-bond acceptors (Lipinski definition) is 5. The summed E-state index contributed by atoms with van der Waals surface area (Å²) in [4.78, 5) is 21.1. The third kappa shape index (κ3) is 5.42. The summed E-state index contributed by atoms with van der Waals surface area (Å²) in [6.07, 6.45) is 4.58. The highest BCUT2D eigenvalue weighted by molar-refractivity contribution is 7.99. The molecule has 0 saturated carbocycles. The second kappa shape index (κ2) is 10.4. The van der Waals surface area contributed by atoms with Crippen LogP contribution in [-0.2, 0) is 16.0 Å². The monoisotopic (exact) mass is 440 g/mol. The lowest BCUT2D eigenvalue weighted by Crippen LogP contribution is -2.37. The standard InChI is InChI=1S/C24H28N2O2S2/c1-2-18-12-13-21-22(16-18)30-24(25-21)26(17-19-8-6-14-28-19)23(27)11-7-15-29-20-9-4-3-5-10-20/h3-5,9-10,12-13,16,19H,2,6-8,11,14-15,17H2,1H3. The summed E-state index contributed by atoms with van der Waals surface area (Å²) in [7, 11) is 0. The lowest BCUT2D eigenvalue weighted by Gasteiger charge is -2.23. The number of benzene rings is 2. The van der Waals surface area contributed by atoms with Crippen molar-refractivity contribution in [1.29, 1.82) is 0 Å². The highest BCUT2D eigenvalue weighted by Crippen LogP contribution is 2.31. The number of thiazole rings is 1. The molecule has 0 aliphatic carbocycles. The Kier molecular flexibility index (Phi) is 7.42. The minimum Gasteiger partial charge on any atom is -0.376 e. The SMILES string of the molecule is CCc1ccc2nc(N(CC3CCCO3)C(=O)CCCSc3ccccc3)sc2c1. The summed E-state index contributed by atoms with van der Waals surface area (Å²) in [6, 6.07) is 16.7. The van der Waals surface area contributed by atoms with Gasteiger partial charge in [0.15, 0.2) is 5.13 Å². The van der Waals surface area contributed by atoms with Crippen LogP contribution in [0.15, 0.2) is 53.4 Å². The minimum atomic E-state index is 0.117. The third-order valence-electron chi connectivity index (χ3n) is 5.34. The van der Waals surface area contributed by atoms with E-state index in [9.17, 15) is 4.79 Å². The molecule has 1 aliphatic rings. The molecule has 1 aromatic heterocycles. The Balaban J connectivity index is 1.44. The maximum absolute atomic E-state index is 13.2. The van der Waals surface area contributed by atoms with Crippen molar-refractivity contribution >= 4 is 44.4 Å². The van der Waals surface area contributed by atoms with E-state index in [-0.39, 0.29) is 12.0 Å². The van der Waals surface area contributed by atoms with Crippen molar-refractivity contribution < 1.29 is 9.53 Å². The van der Waals surface area contributed by atoms with Crippen LogP contribution in [-0.4, -0.2) is 35.9 Å². The van der Waals surface area contributed by atoms with Gasteiger partial charge >= 0.3 is 0 Å². The highest BCUT2D eigenvalue weighted by Gasteiger charge is 2.26. The Morgan fingerprint density at radius 1 is 1.27 bits per heavy atom. The molecule has 0 radical (unpaired) electrons. The number of fused-ring (bicyclic) bond motifs is 1. The first-order chi connectivity index (χ1) is 14.7. The van der Waals surface area contributed by atoms with Crippen LogP contribution in [0.5, 0.6) is 0 Å². The molecular weight excluding hydrogens is 412 g/mol. The summed E-state index contributed by atoms with van der Waals surface area (Å²) < 4.78 is 6.98. The number of aryl methyl sites for hydroxylation is 1. The molecule has 1 saturated heterocycles. The molecule has 3 aromatic rings. The number of anilines is 1. The zero-order valence-corrected chi connectivity index (χ0v) is 19.0. The van der Waals surface area contributed by atoms with Crippen molar-refractivity contribution in [3.05, 3.63) is 54.1 Å². The van der Waals surface area contributed by atoms with Gasteiger partial charge in [-0.25, -0.2) is 4.98 Å². The zero-order chi connectivity index (χ0) is 20.8. The predicted octanol–water partition coefficient (Wildman–Crippen LogP) is 5.94. The van der Waals surface area contributed by atoms with Crippen LogP contribution in [0.1, 0.15) is 38.2 Å². The molecule has 0 spiro atoms. The van der Waals surface area contributed by atoms with Gasteiger partial charge in [0.2, 0.25) is 5.91 Å². The van der Waals surface area contributed by atoms with E-state index in [4.69, 9.17) is 9.72 Å². The fraction of sp³-hybridized carbons (Fsp3) is 0.417. The van der Waals surface area contributed by atoms with Crippen molar-refractivity contribution in [2.45, 2.75) is 50.0 Å². The first-order valence-corrected chi connectivity index (χ1v) is 12.5. The van der Waals surface area contributed by atoms with Gasteiger partial charge in [0.25, 0.3) is 0 Å². The Morgan fingerprint density at radius 2 is 2.13 bits per heavy atom. The zero-order valence-electron chi connectivity index (χ0n) is 17.4. The van der Waals surface area contributed by atoms with Crippen molar-refractivity contribution in [3.63, 3.8) is 0 Å². The van der Waals surface area contributed by atoms with Gasteiger partial charge in [-0.1, -0.05) is 42.5 Å². The van der Waals surface area contributed by atoms with Gasteiger partial charge in [-0.3, -0.25) is 9.69 Å². The van der Waals surface area contributed by atoms with Crippen molar-refractivity contribution in [2.75, 3.05) is 23.8 Å². The van der Waals surface area contributed by atoms with E-state index in [1.807, 2.05) is 23.1 Å². The van der Waals surface area contributed by atoms with E-state index >= 15 is 0 Å². The van der Waals surface area contributed by atoms with Gasteiger partial charge in [0.1, 0.15) is 0 Å². The first-order valence-electron chi connectivity index (χ1n) is 10.7. The van der Waals surface area contributed by atoms with Crippen LogP contribution < -0.4 is 4.90 Å². The Morgan fingerprint density at radius 3 is 2.90 bits per heavy atom. The molecular formula is C24H28N2O2S2. The number of carbonyl (C=O) groups excluding carboxylic acids is 1. The Hall–Kier alpha value is -1.89. The van der Waals surface area contributed by atoms with Gasteiger partial charge in [-0.15, -0.1) is 11.8 Å². The average molecular weight is 441 g/mol. The molecule has 1 atom stereocenters. The van der Waals surface area contributed by atoms with E-state index in [0.717, 1.165) is 53.4 Å². The quantitative estimate of drug-likeness (QED) is 0.305. The molecule has 1 unspecified atom stereocenters. The second-order valence-electron chi connectivity index (χ2n) is 7.56. The summed E-state index contributed by atoms with van der Waals surface area (Å²) in [5.74, 6) is 1.08. The molecule has 0 bridgehead atoms. The highest BCUT2D eigenvalue weighted by atomic mass is 32.2. The number of carbonyl (C=O) groups is 1. The van der Waals surface area contributed by atoms with E-state index in [2.05, 4.69) is 37.3 Å². The lowest BCUT2D eigenvalue weighted by atomic mass is 10.2. The number of thioether (sulfide) groups is 1. The summed E-state index contributed by atoms with van der Waals surface area (Å²) in [5.41, 5.74) is 2.27. The Bertz CT molecular complexity index is 968. The molecule has 158 valence electrons. The molecule has 1 fully saturated rings. The van der Waals surface area contributed by atoms with Crippen molar-refractivity contribution in [3.8, 4) is 0 Å². The largest absolute Gasteiger partial charge is 0.376 e. The average Bonchev–Trinajstić information content (AvgIpc) is 3.44. The molecule has 2 heterocycles. The Labute approximate surface area is 186 Å².